The minimum atomic E-state index is -0.122. The quantitative estimate of drug-likeness (QED) is 0.0456. The highest BCUT2D eigenvalue weighted by Crippen LogP contribution is 2.24. The number of rotatable bonds is 18. The minimum Gasteiger partial charge on any atom is -0.0843 e. The van der Waals surface area contributed by atoms with Gasteiger partial charge in [0.1, 0.15) is 0 Å². The van der Waals surface area contributed by atoms with Gasteiger partial charge < -0.3 is 0 Å². The lowest BCUT2D eigenvalue weighted by Crippen LogP contribution is -2.14. The molecule has 0 spiro atoms. The molecule has 0 amide bonds. The standard InChI is InChI=1S/2C17H18Si.C13H16Si.C9H13BrSi.C9H13ClSi.C9H14Si/c1-2-11-18-17-12-13-7-3-4-8-14(13)15-9-5-6-10-16(15)17;1-2-9-18-17-8-7-15-10-13-5-3-4-6-14(13)11-16(15)12-17;1-2-9-14-13-8-7-11-5-3-4-6-12(11)10-13;2*1-2-7-11-9-5-3-8(10)4-6-9;1-2-8-10-9-6-4-3-5-7-9/h3-10,12H,2,11,18H2,1H3;3-8,10-12H,2,9,18H2,1H3;3-8,10H,2,9,14H2,1H3;2*3-6H,2,7,11H2,1H3;3-7H,2,8,10H2,1H3. The fraction of sp³-hybridized carbons (Fsp3) is 0.243. The Morgan fingerprint density at radius 1 is 0.268 bits per heavy atom. The van der Waals surface area contributed by atoms with Gasteiger partial charge in [0, 0.05) is 9.50 Å². The number of halogens is 2. The third-order valence-electron chi connectivity index (χ3n) is 15.0. The molecule has 0 aliphatic rings. The van der Waals surface area contributed by atoms with Gasteiger partial charge in [-0.2, -0.15) is 0 Å². The van der Waals surface area contributed by atoms with Crippen molar-refractivity contribution in [2.24, 2.45) is 0 Å². The van der Waals surface area contributed by atoms with E-state index in [2.05, 4.69) is 276 Å². The fourth-order valence-corrected chi connectivity index (χ4v) is 19.0. The third kappa shape index (κ3) is 23.1. The van der Waals surface area contributed by atoms with Gasteiger partial charge in [-0.25, -0.2) is 0 Å². The van der Waals surface area contributed by atoms with Gasteiger partial charge >= 0.3 is 0 Å². The van der Waals surface area contributed by atoms with Crippen molar-refractivity contribution in [2.45, 2.75) is 116 Å². The van der Waals surface area contributed by atoms with Crippen LogP contribution < -0.4 is 31.1 Å². The monoisotopic (exact) mass is 1260 g/mol. The summed E-state index contributed by atoms with van der Waals surface area (Å²) in [5.74, 6) is 0. The summed E-state index contributed by atoms with van der Waals surface area (Å²) in [6.07, 6.45) is 7.96. The summed E-state index contributed by atoms with van der Waals surface area (Å²) in [5, 5.41) is 24.3. The van der Waals surface area contributed by atoms with Crippen LogP contribution in [0.3, 0.4) is 0 Å². The zero-order chi connectivity index (χ0) is 58.0. The molecule has 0 atom stereocenters. The van der Waals surface area contributed by atoms with Gasteiger partial charge in [-0.05, 0) is 90.3 Å². The Bertz CT molecular complexity index is 3480. The molecule has 0 radical (unpaired) electrons. The second-order valence-corrected chi connectivity index (χ2v) is 35.2. The number of benzene rings is 11. The molecule has 11 aromatic rings. The molecular weight excluding hydrogens is 1170 g/mol. The van der Waals surface area contributed by atoms with Crippen LogP contribution in [0.25, 0.3) is 53.9 Å². The van der Waals surface area contributed by atoms with Crippen molar-refractivity contribution in [3.63, 3.8) is 0 Å². The van der Waals surface area contributed by atoms with E-state index in [9.17, 15) is 0 Å². The van der Waals surface area contributed by atoms with E-state index in [1.165, 1.54) is 138 Å². The summed E-state index contributed by atoms with van der Waals surface area (Å²) >= 11 is 9.19. The summed E-state index contributed by atoms with van der Waals surface area (Å²) in [5.41, 5.74) is 0. The van der Waals surface area contributed by atoms with Crippen molar-refractivity contribution in [3.8, 4) is 0 Å². The molecular formula is C74H92BrClSi6. The molecule has 0 saturated carbocycles. The summed E-state index contributed by atoms with van der Waals surface area (Å²) in [4.78, 5) is 0. The first-order chi connectivity index (χ1) is 40.2. The predicted molar refractivity (Wildman–Crippen MR) is 399 cm³/mol. The van der Waals surface area contributed by atoms with E-state index < -0.39 is 0 Å². The molecule has 0 N–H and O–H groups in total. The highest BCUT2D eigenvalue weighted by Gasteiger charge is 2.06. The van der Waals surface area contributed by atoms with E-state index in [1.807, 2.05) is 12.1 Å². The lowest BCUT2D eigenvalue weighted by atomic mass is 10.0. The van der Waals surface area contributed by atoms with Gasteiger partial charge in [0.25, 0.3) is 0 Å². The minimum absolute atomic E-state index is 0.000325. The molecule has 0 nitrogen and oxygen atoms in total. The molecule has 0 aliphatic heterocycles. The van der Waals surface area contributed by atoms with Crippen LogP contribution in [0.2, 0.25) is 41.3 Å². The Kier molecular flexibility index (Phi) is 31.0. The topological polar surface area (TPSA) is 0 Å². The van der Waals surface area contributed by atoms with Crippen LogP contribution in [0.5, 0.6) is 0 Å². The second kappa shape index (κ2) is 38.6. The van der Waals surface area contributed by atoms with E-state index >= 15 is 0 Å². The van der Waals surface area contributed by atoms with Crippen LogP contribution in [0.1, 0.15) is 80.1 Å². The molecule has 11 aromatic carbocycles. The Balaban J connectivity index is 0.000000161. The highest BCUT2D eigenvalue weighted by atomic mass is 79.9. The molecule has 0 fully saturated rings. The summed E-state index contributed by atoms with van der Waals surface area (Å²) < 4.78 is 1.19. The van der Waals surface area contributed by atoms with Gasteiger partial charge in [-0.3, -0.25) is 0 Å². The molecule has 11 rings (SSSR count). The van der Waals surface area contributed by atoms with Crippen molar-refractivity contribution in [1.29, 1.82) is 0 Å². The van der Waals surface area contributed by atoms with Crippen LogP contribution >= 0.6 is 27.5 Å². The molecule has 0 aliphatic carbocycles. The number of hydrogen-bond acceptors (Lipinski definition) is 0. The van der Waals surface area contributed by atoms with Crippen LogP contribution in [0, 0.1) is 0 Å². The number of fused-ring (bicyclic) bond motifs is 6. The molecule has 8 heteroatoms. The number of hydrogen-bond donors (Lipinski definition) is 0. The summed E-state index contributed by atoms with van der Waals surface area (Å²) in [7, 11) is -0.0181. The Labute approximate surface area is 521 Å². The van der Waals surface area contributed by atoms with E-state index in [-0.39, 0.29) is 57.1 Å². The maximum absolute atomic E-state index is 5.76. The molecule has 0 unspecified atom stereocenters. The Hall–Kier alpha value is -5.21. The van der Waals surface area contributed by atoms with Crippen LogP contribution in [0.15, 0.2) is 235 Å². The SMILES string of the molecule is CCC[SiH2]c1cc2ccccc2c2ccccc12.CCC[SiH2]c1ccc(Br)cc1.CCC[SiH2]c1ccc(Cl)cc1.CCC[SiH2]c1ccc2cc3ccccc3cc2c1.CCC[SiH2]c1ccc2ccccc2c1.CCC[SiH2]c1ccccc1. The van der Waals surface area contributed by atoms with Crippen LogP contribution in [-0.2, 0) is 0 Å². The van der Waals surface area contributed by atoms with Gasteiger partial charge in [-0.15, -0.1) is 0 Å². The normalized spacial score (nSPS) is 11.5. The summed E-state index contributed by atoms with van der Waals surface area (Å²) in [6.45, 7) is 13.6. The molecule has 82 heavy (non-hydrogen) atoms. The van der Waals surface area contributed by atoms with E-state index in [4.69, 9.17) is 11.6 Å². The molecule has 426 valence electrons. The zero-order valence-electron chi connectivity index (χ0n) is 50.4. The smallest absolute Gasteiger partial charge is 0.0555 e. The maximum Gasteiger partial charge on any atom is 0.0555 e. The highest BCUT2D eigenvalue weighted by molar-refractivity contribution is 9.10. The van der Waals surface area contributed by atoms with Crippen molar-refractivity contribution in [3.05, 3.63) is 240 Å². The van der Waals surface area contributed by atoms with Gasteiger partial charge in [0.2, 0.25) is 0 Å². The van der Waals surface area contributed by atoms with Crippen molar-refractivity contribution < 1.29 is 0 Å². The van der Waals surface area contributed by atoms with E-state index in [0.29, 0.717) is 0 Å². The van der Waals surface area contributed by atoms with E-state index in [1.54, 1.807) is 25.9 Å². The van der Waals surface area contributed by atoms with Gasteiger partial charge in [0.15, 0.2) is 0 Å². The maximum atomic E-state index is 5.76. The first-order valence-electron chi connectivity index (χ1n) is 31.1. The Morgan fingerprint density at radius 3 is 1.13 bits per heavy atom. The first-order valence-corrected chi connectivity index (χ1v) is 42.5. The van der Waals surface area contributed by atoms with Crippen molar-refractivity contribution in [2.75, 3.05) is 0 Å². The van der Waals surface area contributed by atoms with Crippen LogP contribution in [-0.4, -0.2) is 57.1 Å². The zero-order valence-corrected chi connectivity index (χ0v) is 61.3. The molecule has 0 heterocycles. The molecule has 0 saturated heterocycles. The van der Waals surface area contributed by atoms with Gasteiger partial charge in [0.05, 0.1) is 57.1 Å². The second-order valence-electron chi connectivity index (χ2n) is 21.7. The average molecular weight is 1270 g/mol. The lowest BCUT2D eigenvalue weighted by molar-refractivity contribution is 1.08. The molecule has 0 bridgehead atoms. The first kappa shape index (κ1) is 65.9. The van der Waals surface area contributed by atoms with E-state index in [0.717, 1.165) is 5.02 Å². The van der Waals surface area contributed by atoms with Crippen molar-refractivity contribution >= 4 is 170 Å². The predicted octanol–water partition coefficient (Wildman–Crippen LogP) is 15.0. The fourth-order valence-electron chi connectivity index (χ4n) is 10.1. The Morgan fingerprint density at radius 2 is 0.610 bits per heavy atom. The van der Waals surface area contributed by atoms with Gasteiger partial charge in [-0.1, -0.05) is 369 Å². The van der Waals surface area contributed by atoms with Crippen molar-refractivity contribution in [1.82, 2.24) is 0 Å². The largest absolute Gasteiger partial charge is 0.0843 e. The molecule has 0 aromatic heterocycles. The average Bonchev–Trinajstić information content (AvgIpc) is 3.46. The summed E-state index contributed by atoms with van der Waals surface area (Å²) in [6, 6.07) is 92.3. The lowest BCUT2D eigenvalue weighted by Gasteiger charge is -2.09. The third-order valence-corrected chi connectivity index (χ3v) is 28.4. The van der Waals surface area contributed by atoms with Crippen LogP contribution in [0.4, 0.5) is 0 Å².